The second-order valence-corrected chi connectivity index (χ2v) is 6.49. The predicted octanol–water partition coefficient (Wildman–Crippen LogP) is 3.03. The first-order valence-electron chi connectivity index (χ1n) is 8.12. The van der Waals surface area contributed by atoms with E-state index in [2.05, 4.69) is 20.6 Å². The number of anilines is 3. The lowest BCUT2D eigenvalue weighted by atomic mass is 10.2. The average Bonchev–Trinajstić information content (AvgIpc) is 3.16. The third-order valence-electron chi connectivity index (χ3n) is 4.11. The standard InChI is InChI=1S/C17H22ClN5O/c1-12-9-16(22(2)21-12)20-17(24)11-19-14-10-13(18)5-6-15(14)23-7-3-4-8-23/h5-6,9-10,19H,3-4,7-8,11H2,1-2H3,(H,20,24). The highest BCUT2D eigenvalue weighted by atomic mass is 35.5. The fourth-order valence-electron chi connectivity index (χ4n) is 2.97. The Morgan fingerprint density at radius 2 is 2.04 bits per heavy atom. The molecule has 1 fully saturated rings. The Bertz CT molecular complexity index is 737. The molecule has 0 bridgehead atoms. The summed E-state index contributed by atoms with van der Waals surface area (Å²) in [6.07, 6.45) is 2.39. The van der Waals surface area contributed by atoms with E-state index in [1.165, 1.54) is 12.8 Å². The molecule has 2 aromatic rings. The first kappa shape index (κ1) is 16.6. The van der Waals surface area contributed by atoms with Crippen molar-refractivity contribution in [2.75, 3.05) is 35.2 Å². The van der Waals surface area contributed by atoms with Crippen molar-refractivity contribution in [3.8, 4) is 0 Å². The molecule has 0 unspecified atom stereocenters. The van der Waals surface area contributed by atoms with E-state index in [1.807, 2.05) is 31.2 Å². The molecule has 3 rings (SSSR count). The van der Waals surface area contributed by atoms with Crippen LogP contribution in [0.3, 0.4) is 0 Å². The van der Waals surface area contributed by atoms with Crippen LogP contribution >= 0.6 is 11.6 Å². The zero-order valence-electron chi connectivity index (χ0n) is 14.0. The van der Waals surface area contributed by atoms with Crippen LogP contribution < -0.4 is 15.5 Å². The summed E-state index contributed by atoms with van der Waals surface area (Å²) in [6, 6.07) is 7.61. The topological polar surface area (TPSA) is 62.2 Å². The number of nitrogens with one attached hydrogen (secondary N) is 2. The molecule has 7 heteroatoms. The van der Waals surface area contributed by atoms with Crippen LogP contribution in [0.1, 0.15) is 18.5 Å². The summed E-state index contributed by atoms with van der Waals surface area (Å²) in [5.74, 6) is 0.565. The number of aromatic nitrogens is 2. The molecule has 0 saturated carbocycles. The van der Waals surface area contributed by atoms with Crippen LogP contribution in [0.2, 0.25) is 5.02 Å². The molecule has 1 amide bonds. The predicted molar refractivity (Wildman–Crippen MR) is 98.0 cm³/mol. The van der Waals surface area contributed by atoms with Gasteiger partial charge in [-0.25, -0.2) is 0 Å². The first-order chi connectivity index (χ1) is 11.5. The van der Waals surface area contributed by atoms with Crippen molar-refractivity contribution in [3.05, 3.63) is 35.0 Å². The van der Waals surface area contributed by atoms with Gasteiger partial charge in [-0.2, -0.15) is 5.10 Å². The Hall–Kier alpha value is -2.21. The van der Waals surface area contributed by atoms with Gasteiger partial charge in [0.15, 0.2) is 0 Å². The van der Waals surface area contributed by atoms with E-state index in [0.717, 1.165) is 30.2 Å². The quantitative estimate of drug-likeness (QED) is 0.872. The van der Waals surface area contributed by atoms with E-state index in [9.17, 15) is 4.79 Å². The minimum absolute atomic E-state index is 0.120. The second kappa shape index (κ2) is 7.13. The highest BCUT2D eigenvalue weighted by Gasteiger charge is 2.16. The van der Waals surface area contributed by atoms with E-state index in [4.69, 9.17) is 11.6 Å². The van der Waals surface area contributed by atoms with Gasteiger partial charge in [0.1, 0.15) is 5.82 Å². The first-order valence-corrected chi connectivity index (χ1v) is 8.49. The Morgan fingerprint density at radius 3 is 2.71 bits per heavy atom. The maximum atomic E-state index is 12.2. The molecule has 128 valence electrons. The molecule has 24 heavy (non-hydrogen) atoms. The molecule has 2 heterocycles. The summed E-state index contributed by atoms with van der Waals surface area (Å²) >= 11 is 6.12. The minimum Gasteiger partial charge on any atom is -0.374 e. The number of carbonyl (C=O) groups is 1. The Kier molecular flexibility index (Phi) is 4.94. The molecule has 2 N–H and O–H groups in total. The Morgan fingerprint density at radius 1 is 1.29 bits per heavy atom. The van der Waals surface area contributed by atoms with Crippen molar-refractivity contribution in [3.63, 3.8) is 0 Å². The van der Waals surface area contributed by atoms with Crippen LogP contribution in [0.5, 0.6) is 0 Å². The highest BCUT2D eigenvalue weighted by molar-refractivity contribution is 6.31. The van der Waals surface area contributed by atoms with Crippen LogP contribution in [0.4, 0.5) is 17.2 Å². The van der Waals surface area contributed by atoms with Crippen LogP contribution in [-0.4, -0.2) is 35.3 Å². The number of aryl methyl sites for hydroxylation is 2. The molecule has 1 aliphatic rings. The number of nitrogens with zero attached hydrogens (tertiary/aromatic N) is 3. The summed E-state index contributed by atoms with van der Waals surface area (Å²) < 4.78 is 1.66. The van der Waals surface area contributed by atoms with Gasteiger partial charge >= 0.3 is 0 Å². The van der Waals surface area contributed by atoms with E-state index in [-0.39, 0.29) is 12.5 Å². The fraction of sp³-hybridized carbons (Fsp3) is 0.412. The number of amides is 1. The molecule has 1 aromatic carbocycles. The summed E-state index contributed by atoms with van der Waals surface area (Å²) in [6.45, 7) is 4.14. The summed E-state index contributed by atoms with van der Waals surface area (Å²) in [5, 5.41) is 10.9. The lowest BCUT2D eigenvalue weighted by molar-refractivity contribution is -0.114. The van der Waals surface area contributed by atoms with E-state index in [0.29, 0.717) is 10.8 Å². The van der Waals surface area contributed by atoms with Crippen molar-refractivity contribution in [1.29, 1.82) is 0 Å². The molecule has 1 aromatic heterocycles. The molecular formula is C17H22ClN5O. The van der Waals surface area contributed by atoms with Crippen LogP contribution in [-0.2, 0) is 11.8 Å². The third-order valence-corrected chi connectivity index (χ3v) is 4.35. The highest BCUT2D eigenvalue weighted by Crippen LogP contribution is 2.31. The number of benzene rings is 1. The molecule has 0 aliphatic carbocycles. The normalized spacial score (nSPS) is 14.0. The molecule has 1 aliphatic heterocycles. The van der Waals surface area contributed by atoms with E-state index >= 15 is 0 Å². The van der Waals surface area contributed by atoms with Crippen LogP contribution in [0.15, 0.2) is 24.3 Å². The monoisotopic (exact) mass is 347 g/mol. The van der Waals surface area contributed by atoms with Crippen molar-refractivity contribution in [2.24, 2.45) is 7.05 Å². The number of carbonyl (C=O) groups excluding carboxylic acids is 1. The molecule has 6 nitrogen and oxygen atoms in total. The lowest BCUT2D eigenvalue weighted by Crippen LogP contribution is -2.25. The Labute approximate surface area is 146 Å². The van der Waals surface area contributed by atoms with Gasteiger partial charge in [-0.1, -0.05) is 11.6 Å². The third kappa shape index (κ3) is 3.82. The van der Waals surface area contributed by atoms with Gasteiger partial charge in [0.2, 0.25) is 5.91 Å². The van der Waals surface area contributed by atoms with Gasteiger partial charge < -0.3 is 15.5 Å². The van der Waals surface area contributed by atoms with Crippen LogP contribution in [0.25, 0.3) is 0 Å². The molecule has 0 spiro atoms. The van der Waals surface area contributed by atoms with Crippen molar-refractivity contribution in [2.45, 2.75) is 19.8 Å². The van der Waals surface area contributed by atoms with Gasteiger partial charge in [-0.05, 0) is 38.0 Å². The Balaban J connectivity index is 1.66. The molecule has 0 atom stereocenters. The van der Waals surface area contributed by atoms with Crippen molar-refractivity contribution in [1.82, 2.24) is 9.78 Å². The lowest BCUT2D eigenvalue weighted by Gasteiger charge is -2.22. The average molecular weight is 348 g/mol. The summed E-state index contributed by atoms with van der Waals surface area (Å²) in [5.41, 5.74) is 2.86. The number of halogens is 1. The zero-order chi connectivity index (χ0) is 17.1. The summed E-state index contributed by atoms with van der Waals surface area (Å²) in [4.78, 5) is 14.5. The maximum absolute atomic E-state index is 12.2. The number of hydrogen-bond acceptors (Lipinski definition) is 4. The largest absolute Gasteiger partial charge is 0.374 e. The number of hydrogen-bond donors (Lipinski definition) is 2. The number of rotatable bonds is 5. The maximum Gasteiger partial charge on any atom is 0.244 e. The SMILES string of the molecule is Cc1cc(NC(=O)CNc2cc(Cl)ccc2N2CCCC2)n(C)n1. The molecule has 0 radical (unpaired) electrons. The van der Waals surface area contributed by atoms with Gasteiger partial charge in [0, 0.05) is 31.2 Å². The van der Waals surface area contributed by atoms with Gasteiger partial charge in [0.05, 0.1) is 23.6 Å². The molecular weight excluding hydrogens is 326 g/mol. The zero-order valence-corrected chi connectivity index (χ0v) is 14.7. The smallest absolute Gasteiger partial charge is 0.244 e. The fourth-order valence-corrected chi connectivity index (χ4v) is 3.15. The second-order valence-electron chi connectivity index (χ2n) is 6.05. The van der Waals surface area contributed by atoms with E-state index in [1.54, 1.807) is 11.7 Å². The molecule has 1 saturated heterocycles. The van der Waals surface area contributed by atoms with Crippen molar-refractivity contribution < 1.29 is 4.79 Å². The van der Waals surface area contributed by atoms with E-state index < -0.39 is 0 Å². The van der Waals surface area contributed by atoms with Crippen molar-refractivity contribution >= 4 is 34.7 Å². The van der Waals surface area contributed by atoms with Gasteiger partial charge in [-0.15, -0.1) is 0 Å². The van der Waals surface area contributed by atoms with Gasteiger partial charge in [0.25, 0.3) is 0 Å². The minimum atomic E-state index is -0.120. The van der Waals surface area contributed by atoms with Crippen LogP contribution in [0, 0.1) is 6.92 Å². The van der Waals surface area contributed by atoms with Gasteiger partial charge in [-0.3, -0.25) is 9.48 Å². The summed E-state index contributed by atoms with van der Waals surface area (Å²) in [7, 11) is 1.80.